The van der Waals surface area contributed by atoms with Crippen LogP contribution in [-0.4, -0.2) is 15.0 Å². The maximum atomic E-state index is 12.2. The molecule has 1 aliphatic rings. The molecule has 0 saturated heterocycles. The zero-order valence-corrected chi connectivity index (χ0v) is 12.2. The van der Waals surface area contributed by atoms with E-state index in [-0.39, 0.29) is 4.90 Å². The van der Waals surface area contributed by atoms with Crippen LogP contribution in [-0.2, 0) is 10.0 Å². The second-order valence-electron chi connectivity index (χ2n) is 5.37. The zero-order valence-electron chi connectivity index (χ0n) is 11.4. The lowest BCUT2D eigenvalue weighted by Gasteiger charge is -2.21. The molecule has 0 amide bonds. The molecule has 0 atom stereocenters. The van der Waals surface area contributed by atoms with E-state index < -0.39 is 10.0 Å². The fraction of sp³-hybridized carbons (Fsp3) is 0.571. The van der Waals surface area contributed by atoms with Gasteiger partial charge < -0.3 is 5.73 Å². The molecule has 0 radical (unpaired) electrons. The van der Waals surface area contributed by atoms with Gasteiger partial charge in [0.2, 0.25) is 10.0 Å². The molecule has 5 heteroatoms. The Morgan fingerprint density at radius 1 is 1.26 bits per heavy atom. The first kappa shape index (κ1) is 14.3. The highest BCUT2D eigenvalue weighted by Crippen LogP contribution is 2.23. The Bertz CT molecular complexity index is 534. The van der Waals surface area contributed by atoms with Crippen LogP contribution in [0.2, 0.25) is 0 Å². The van der Waals surface area contributed by atoms with Crippen molar-refractivity contribution in [2.24, 2.45) is 5.92 Å². The van der Waals surface area contributed by atoms with Gasteiger partial charge in [0.1, 0.15) is 0 Å². The van der Waals surface area contributed by atoms with E-state index >= 15 is 0 Å². The molecule has 1 saturated carbocycles. The minimum atomic E-state index is -3.43. The number of rotatable bonds is 4. The minimum absolute atomic E-state index is 0.256. The molecule has 0 unspecified atom stereocenters. The fourth-order valence-corrected chi connectivity index (χ4v) is 3.64. The van der Waals surface area contributed by atoms with Crippen LogP contribution in [0.3, 0.4) is 0 Å². The second kappa shape index (κ2) is 5.92. The number of aryl methyl sites for hydroxylation is 1. The Balaban J connectivity index is 2.02. The molecule has 1 aliphatic carbocycles. The van der Waals surface area contributed by atoms with Gasteiger partial charge in [0.15, 0.2) is 0 Å². The summed E-state index contributed by atoms with van der Waals surface area (Å²) >= 11 is 0. The van der Waals surface area contributed by atoms with E-state index in [2.05, 4.69) is 4.72 Å². The minimum Gasteiger partial charge on any atom is -0.398 e. The molecule has 1 aromatic rings. The predicted octanol–water partition coefficient (Wildman–Crippen LogP) is 2.44. The molecule has 19 heavy (non-hydrogen) atoms. The van der Waals surface area contributed by atoms with Crippen LogP contribution >= 0.6 is 0 Å². The molecular weight excluding hydrogens is 260 g/mol. The third kappa shape index (κ3) is 3.70. The summed E-state index contributed by atoms with van der Waals surface area (Å²) in [6, 6.07) is 4.87. The van der Waals surface area contributed by atoms with E-state index in [0.29, 0.717) is 18.2 Å². The van der Waals surface area contributed by atoms with E-state index in [0.717, 1.165) is 18.4 Å². The number of sulfonamides is 1. The fourth-order valence-electron chi connectivity index (χ4n) is 2.49. The Morgan fingerprint density at radius 3 is 2.58 bits per heavy atom. The average Bonchev–Trinajstić information content (AvgIpc) is 2.41. The van der Waals surface area contributed by atoms with Gasteiger partial charge in [-0.2, -0.15) is 0 Å². The quantitative estimate of drug-likeness (QED) is 0.833. The SMILES string of the molecule is Cc1ccc(S(=O)(=O)NCC2CCCCC2)cc1N. The largest absolute Gasteiger partial charge is 0.398 e. The van der Waals surface area contributed by atoms with E-state index in [1.807, 2.05) is 6.92 Å². The molecule has 0 bridgehead atoms. The molecule has 0 aliphatic heterocycles. The van der Waals surface area contributed by atoms with Gasteiger partial charge in [0.05, 0.1) is 4.90 Å². The number of hydrogen-bond acceptors (Lipinski definition) is 3. The maximum absolute atomic E-state index is 12.2. The summed E-state index contributed by atoms with van der Waals surface area (Å²) < 4.78 is 27.1. The number of nitrogens with two attached hydrogens (primary N) is 1. The summed E-state index contributed by atoms with van der Waals surface area (Å²) in [5.41, 5.74) is 7.17. The topological polar surface area (TPSA) is 72.2 Å². The van der Waals surface area contributed by atoms with Crippen molar-refractivity contribution in [3.63, 3.8) is 0 Å². The van der Waals surface area contributed by atoms with Crippen LogP contribution in [0, 0.1) is 12.8 Å². The molecule has 0 heterocycles. The first-order chi connectivity index (χ1) is 8.99. The van der Waals surface area contributed by atoms with Crippen LogP contribution in [0.25, 0.3) is 0 Å². The number of nitrogens with one attached hydrogen (secondary N) is 1. The number of anilines is 1. The zero-order chi connectivity index (χ0) is 13.9. The van der Waals surface area contributed by atoms with Crippen molar-refractivity contribution in [1.29, 1.82) is 0 Å². The summed E-state index contributed by atoms with van der Waals surface area (Å²) in [5.74, 6) is 0.478. The van der Waals surface area contributed by atoms with Crippen LogP contribution in [0.15, 0.2) is 23.1 Å². The molecule has 106 valence electrons. The van der Waals surface area contributed by atoms with Crippen LogP contribution < -0.4 is 10.5 Å². The summed E-state index contributed by atoms with van der Waals surface area (Å²) in [5, 5.41) is 0. The standard InChI is InChI=1S/C14H22N2O2S/c1-11-7-8-13(9-14(11)15)19(17,18)16-10-12-5-3-2-4-6-12/h7-9,12,16H,2-6,10,15H2,1H3. The third-order valence-electron chi connectivity index (χ3n) is 3.85. The predicted molar refractivity (Wildman–Crippen MR) is 77.4 cm³/mol. The van der Waals surface area contributed by atoms with Crippen molar-refractivity contribution < 1.29 is 8.42 Å². The van der Waals surface area contributed by atoms with Gasteiger partial charge in [-0.25, -0.2) is 13.1 Å². The number of hydrogen-bond donors (Lipinski definition) is 2. The van der Waals surface area contributed by atoms with Gasteiger partial charge in [-0.3, -0.25) is 0 Å². The normalized spacial score (nSPS) is 17.5. The molecule has 4 nitrogen and oxygen atoms in total. The first-order valence-corrected chi connectivity index (χ1v) is 8.33. The van der Waals surface area contributed by atoms with Crippen molar-refractivity contribution in [2.75, 3.05) is 12.3 Å². The second-order valence-corrected chi connectivity index (χ2v) is 7.14. The van der Waals surface area contributed by atoms with Gasteiger partial charge in [0.25, 0.3) is 0 Å². The highest BCUT2D eigenvalue weighted by atomic mass is 32.2. The summed E-state index contributed by atoms with van der Waals surface area (Å²) in [7, 11) is -3.43. The molecule has 1 aromatic carbocycles. The highest BCUT2D eigenvalue weighted by molar-refractivity contribution is 7.89. The summed E-state index contributed by atoms with van der Waals surface area (Å²) in [4.78, 5) is 0.256. The number of benzene rings is 1. The van der Waals surface area contributed by atoms with Crippen molar-refractivity contribution in [2.45, 2.75) is 43.9 Å². The van der Waals surface area contributed by atoms with E-state index in [1.165, 1.54) is 25.3 Å². The summed E-state index contributed by atoms with van der Waals surface area (Å²) in [6.45, 7) is 2.40. The lowest BCUT2D eigenvalue weighted by Crippen LogP contribution is -2.30. The Hall–Kier alpha value is -1.07. The van der Waals surface area contributed by atoms with Crippen molar-refractivity contribution >= 4 is 15.7 Å². The molecule has 3 N–H and O–H groups in total. The monoisotopic (exact) mass is 282 g/mol. The smallest absolute Gasteiger partial charge is 0.240 e. The van der Waals surface area contributed by atoms with Crippen molar-refractivity contribution in [3.05, 3.63) is 23.8 Å². The Kier molecular flexibility index (Phi) is 4.47. The summed E-state index contributed by atoms with van der Waals surface area (Å²) in [6.07, 6.45) is 5.95. The molecular formula is C14H22N2O2S. The van der Waals surface area contributed by atoms with Crippen molar-refractivity contribution in [1.82, 2.24) is 4.72 Å². The van der Waals surface area contributed by atoms with E-state index in [9.17, 15) is 8.42 Å². The van der Waals surface area contributed by atoms with E-state index in [4.69, 9.17) is 5.73 Å². The molecule has 0 spiro atoms. The number of nitrogen functional groups attached to an aromatic ring is 1. The highest BCUT2D eigenvalue weighted by Gasteiger charge is 2.19. The molecule has 0 aromatic heterocycles. The lowest BCUT2D eigenvalue weighted by atomic mass is 9.90. The average molecular weight is 282 g/mol. The lowest BCUT2D eigenvalue weighted by molar-refractivity contribution is 0.357. The molecule has 2 rings (SSSR count). The van der Waals surface area contributed by atoms with Crippen LogP contribution in [0.4, 0.5) is 5.69 Å². The molecule has 1 fully saturated rings. The van der Waals surface area contributed by atoms with Gasteiger partial charge in [-0.05, 0) is 43.4 Å². The first-order valence-electron chi connectivity index (χ1n) is 6.85. The maximum Gasteiger partial charge on any atom is 0.240 e. The Morgan fingerprint density at radius 2 is 1.95 bits per heavy atom. The van der Waals surface area contributed by atoms with Gasteiger partial charge in [-0.15, -0.1) is 0 Å². The van der Waals surface area contributed by atoms with Gasteiger partial charge in [0, 0.05) is 12.2 Å². The van der Waals surface area contributed by atoms with Crippen molar-refractivity contribution in [3.8, 4) is 0 Å². The van der Waals surface area contributed by atoms with Crippen LogP contribution in [0.1, 0.15) is 37.7 Å². The Labute approximate surface area is 115 Å². The van der Waals surface area contributed by atoms with Crippen LogP contribution in [0.5, 0.6) is 0 Å². The van der Waals surface area contributed by atoms with Gasteiger partial charge >= 0.3 is 0 Å². The van der Waals surface area contributed by atoms with Gasteiger partial charge in [-0.1, -0.05) is 25.3 Å². The van der Waals surface area contributed by atoms with E-state index in [1.54, 1.807) is 12.1 Å². The third-order valence-corrected chi connectivity index (χ3v) is 5.27.